The Morgan fingerprint density at radius 2 is 1.71 bits per heavy atom. The maximum Gasteiger partial charge on any atom is 0.416 e. The molecule has 0 atom stereocenters. The smallest absolute Gasteiger partial charge is 0.293 e. The molecule has 0 heterocycles. The van der Waals surface area contributed by atoms with E-state index in [1.807, 2.05) is 0 Å². The number of hydrogen-bond acceptors (Lipinski definition) is 2. The fourth-order valence-corrected chi connectivity index (χ4v) is 1.90. The Kier molecular flexibility index (Phi) is 4.08. The number of halogens is 3. The van der Waals surface area contributed by atoms with Crippen LogP contribution in [0.15, 0.2) is 48.5 Å². The number of Topliss-reactive ketones (excluding diaryl/α,β-unsaturated/α-hetero) is 1. The fourth-order valence-electron chi connectivity index (χ4n) is 1.90. The van der Waals surface area contributed by atoms with Gasteiger partial charge in [-0.2, -0.15) is 18.4 Å². The van der Waals surface area contributed by atoms with Crippen LogP contribution in [-0.4, -0.2) is 5.78 Å². The van der Waals surface area contributed by atoms with E-state index in [0.29, 0.717) is 16.7 Å². The molecule has 0 saturated carbocycles. The number of alkyl halides is 3. The zero-order valence-electron chi connectivity index (χ0n) is 10.8. The van der Waals surface area contributed by atoms with Gasteiger partial charge < -0.3 is 0 Å². The number of hydrogen-bond donors (Lipinski definition) is 0. The highest BCUT2D eigenvalue weighted by molar-refractivity contribution is 5.98. The van der Waals surface area contributed by atoms with E-state index in [1.54, 1.807) is 30.3 Å². The van der Waals surface area contributed by atoms with Crippen molar-refractivity contribution in [3.63, 3.8) is 0 Å². The van der Waals surface area contributed by atoms with Crippen molar-refractivity contribution in [1.29, 1.82) is 5.26 Å². The summed E-state index contributed by atoms with van der Waals surface area (Å²) in [6, 6.07) is 13.0. The first-order valence-corrected chi connectivity index (χ1v) is 6.09. The van der Waals surface area contributed by atoms with Gasteiger partial charge in [-0.25, -0.2) is 0 Å². The summed E-state index contributed by atoms with van der Waals surface area (Å²) in [7, 11) is 0. The van der Waals surface area contributed by atoms with Gasteiger partial charge >= 0.3 is 6.18 Å². The van der Waals surface area contributed by atoms with Gasteiger partial charge in [0.15, 0.2) is 5.78 Å². The van der Waals surface area contributed by atoms with Gasteiger partial charge in [0.2, 0.25) is 0 Å². The maximum absolute atomic E-state index is 12.5. The lowest BCUT2D eigenvalue weighted by molar-refractivity contribution is -0.137. The molecule has 5 heteroatoms. The van der Waals surface area contributed by atoms with Crippen molar-refractivity contribution in [2.45, 2.75) is 12.6 Å². The number of rotatable bonds is 3. The third-order valence-electron chi connectivity index (χ3n) is 2.97. The van der Waals surface area contributed by atoms with Crippen LogP contribution in [0.1, 0.15) is 22.3 Å². The van der Waals surface area contributed by atoms with Crippen LogP contribution in [0.25, 0.3) is 11.1 Å². The SMILES string of the molecule is N#CCC(=O)c1cccc(-c2ccc(C(F)(F)F)cc2)c1. The molecule has 0 fully saturated rings. The fraction of sp³-hybridized carbons (Fsp3) is 0.125. The second kappa shape index (κ2) is 5.80. The van der Waals surface area contributed by atoms with E-state index in [-0.39, 0.29) is 12.2 Å². The lowest BCUT2D eigenvalue weighted by atomic mass is 9.99. The summed E-state index contributed by atoms with van der Waals surface area (Å²) in [6.45, 7) is 0. The molecule has 0 aliphatic carbocycles. The molecule has 0 bridgehead atoms. The van der Waals surface area contributed by atoms with Crippen molar-refractivity contribution in [3.8, 4) is 17.2 Å². The summed E-state index contributed by atoms with van der Waals surface area (Å²) in [5, 5.41) is 8.51. The maximum atomic E-state index is 12.5. The van der Waals surface area contributed by atoms with Gasteiger partial charge in [0, 0.05) is 5.56 Å². The van der Waals surface area contributed by atoms with E-state index in [2.05, 4.69) is 0 Å². The van der Waals surface area contributed by atoms with Crippen molar-refractivity contribution in [2.24, 2.45) is 0 Å². The van der Waals surface area contributed by atoms with Crippen LogP contribution in [0.2, 0.25) is 0 Å². The zero-order chi connectivity index (χ0) is 15.5. The molecule has 0 unspecified atom stereocenters. The van der Waals surface area contributed by atoms with Crippen molar-refractivity contribution in [3.05, 3.63) is 59.7 Å². The average molecular weight is 289 g/mol. The molecular formula is C16H10F3NO. The number of nitriles is 1. The highest BCUT2D eigenvalue weighted by Crippen LogP contribution is 2.31. The number of nitrogens with zero attached hydrogens (tertiary/aromatic N) is 1. The van der Waals surface area contributed by atoms with Crippen LogP contribution in [0, 0.1) is 11.3 Å². The summed E-state index contributed by atoms with van der Waals surface area (Å²) >= 11 is 0. The minimum absolute atomic E-state index is 0.226. The molecule has 0 spiro atoms. The second-order valence-electron chi connectivity index (χ2n) is 4.41. The molecule has 0 saturated heterocycles. The number of carbonyl (C=O) groups excluding carboxylic acids is 1. The molecule has 0 radical (unpaired) electrons. The molecule has 0 aliphatic rings. The Hall–Kier alpha value is -2.61. The van der Waals surface area contributed by atoms with Crippen LogP contribution in [-0.2, 0) is 6.18 Å². The van der Waals surface area contributed by atoms with Gasteiger partial charge in [-0.1, -0.05) is 30.3 Å². The topological polar surface area (TPSA) is 40.9 Å². The number of carbonyl (C=O) groups is 1. The first-order valence-electron chi connectivity index (χ1n) is 6.09. The van der Waals surface area contributed by atoms with Gasteiger partial charge in [0.1, 0.15) is 0 Å². The van der Waals surface area contributed by atoms with E-state index < -0.39 is 11.7 Å². The summed E-state index contributed by atoms with van der Waals surface area (Å²) in [5.74, 6) is -0.314. The van der Waals surface area contributed by atoms with Gasteiger partial charge in [0.25, 0.3) is 0 Å². The Morgan fingerprint density at radius 3 is 2.29 bits per heavy atom. The average Bonchev–Trinajstić information content (AvgIpc) is 2.47. The molecule has 0 amide bonds. The third-order valence-corrected chi connectivity index (χ3v) is 2.97. The minimum atomic E-state index is -4.37. The standard InChI is InChI=1S/C16H10F3NO/c17-16(18,19)14-6-4-11(5-7-14)12-2-1-3-13(10-12)15(21)8-9-20/h1-7,10H,8H2. The first-order chi connectivity index (χ1) is 9.91. The van der Waals surface area contributed by atoms with Crippen LogP contribution < -0.4 is 0 Å². The number of ketones is 1. The summed E-state index contributed by atoms with van der Waals surface area (Å²) < 4.78 is 37.5. The Bertz CT molecular complexity index is 697. The molecule has 2 nitrogen and oxygen atoms in total. The Labute approximate surface area is 119 Å². The monoisotopic (exact) mass is 289 g/mol. The van der Waals surface area contributed by atoms with E-state index >= 15 is 0 Å². The minimum Gasteiger partial charge on any atom is -0.293 e. The summed E-state index contributed by atoms with van der Waals surface area (Å²) in [5.41, 5.74) is 0.860. The first kappa shape index (κ1) is 14.8. The van der Waals surface area contributed by atoms with E-state index in [0.717, 1.165) is 12.1 Å². The molecule has 2 rings (SSSR count). The zero-order valence-corrected chi connectivity index (χ0v) is 10.8. The largest absolute Gasteiger partial charge is 0.416 e. The number of benzene rings is 2. The lowest BCUT2D eigenvalue weighted by Gasteiger charge is -2.08. The van der Waals surface area contributed by atoms with Gasteiger partial charge in [-0.3, -0.25) is 4.79 Å². The third kappa shape index (κ3) is 3.48. The van der Waals surface area contributed by atoms with Gasteiger partial charge in [0.05, 0.1) is 18.1 Å². The van der Waals surface area contributed by atoms with E-state index in [1.165, 1.54) is 12.1 Å². The molecule has 2 aromatic carbocycles. The Balaban J connectivity index is 2.33. The van der Waals surface area contributed by atoms with Gasteiger partial charge in [-0.05, 0) is 29.3 Å². The molecule has 0 aromatic heterocycles. The van der Waals surface area contributed by atoms with Crippen LogP contribution >= 0.6 is 0 Å². The molecule has 0 N–H and O–H groups in total. The second-order valence-corrected chi connectivity index (χ2v) is 4.41. The summed E-state index contributed by atoms with van der Waals surface area (Å²) in [4.78, 5) is 11.6. The van der Waals surface area contributed by atoms with Crippen molar-refractivity contribution in [2.75, 3.05) is 0 Å². The predicted octanol–water partition coefficient (Wildman–Crippen LogP) is 4.47. The highest BCUT2D eigenvalue weighted by Gasteiger charge is 2.29. The van der Waals surface area contributed by atoms with E-state index in [9.17, 15) is 18.0 Å². The normalized spacial score (nSPS) is 11.0. The van der Waals surface area contributed by atoms with Crippen LogP contribution in [0.4, 0.5) is 13.2 Å². The predicted molar refractivity (Wildman–Crippen MR) is 71.4 cm³/mol. The lowest BCUT2D eigenvalue weighted by Crippen LogP contribution is -2.04. The van der Waals surface area contributed by atoms with E-state index in [4.69, 9.17) is 5.26 Å². The molecule has 0 aliphatic heterocycles. The van der Waals surface area contributed by atoms with Gasteiger partial charge in [-0.15, -0.1) is 0 Å². The van der Waals surface area contributed by atoms with Crippen LogP contribution in [0.3, 0.4) is 0 Å². The molecule has 21 heavy (non-hydrogen) atoms. The summed E-state index contributed by atoms with van der Waals surface area (Å²) in [6.07, 6.45) is -4.60. The van der Waals surface area contributed by atoms with Crippen molar-refractivity contribution >= 4 is 5.78 Å². The molecule has 106 valence electrons. The molecule has 2 aromatic rings. The van der Waals surface area contributed by atoms with Crippen molar-refractivity contribution < 1.29 is 18.0 Å². The quantitative estimate of drug-likeness (QED) is 0.782. The van der Waals surface area contributed by atoms with Crippen LogP contribution in [0.5, 0.6) is 0 Å². The van der Waals surface area contributed by atoms with Crippen molar-refractivity contribution in [1.82, 2.24) is 0 Å². The highest BCUT2D eigenvalue weighted by atomic mass is 19.4. The Morgan fingerprint density at radius 1 is 1.05 bits per heavy atom. The molecular weight excluding hydrogens is 279 g/mol.